The summed E-state index contributed by atoms with van der Waals surface area (Å²) in [6, 6.07) is 3.64. The number of methoxy groups -OCH3 is 1. The minimum absolute atomic E-state index is 0. The SMILES string of the molecule is C1CCC2C3NC(NC4NC(NC5NC(NC6NC(N3)C3CCCCC63)C3CCCCC53)C3CCCCC43)C2C1.COc1cccc2c1C(=O)c1c(O)c3c(c(O)c1C2=O)C[C@@](O)(C(=O)CO)C[C@@H]3O[C@H]1C[C@H](N)[C@H](O)[C@H](C)O1.Cl.[Al]. The topological polar surface area (TPSA) is 302 Å². The number of aliphatic hydroxyl groups is 3. The lowest BCUT2D eigenvalue weighted by molar-refractivity contribution is -0.247. The van der Waals surface area contributed by atoms with Crippen LogP contribution in [0, 0.1) is 47.3 Å². The number of hydrogen-bond acceptors (Lipinski definition) is 20. The molecular formula is C59H86AlClN9O11. The Morgan fingerprint density at radius 3 is 1.42 bits per heavy atom. The van der Waals surface area contributed by atoms with Crippen LogP contribution in [0.15, 0.2) is 18.2 Å². The number of aliphatic hydroxyl groups excluding tert-OH is 2. The third-order valence-electron chi connectivity index (χ3n) is 21.6. The Labute approximate surface area is 491 Å². The molecule has 8 bridgehead atoms. The van der Waals surface area contributed by atoms with Crippen LogP contribution in [0.5, 0.6) is 17.2 Å². The lowest BCUT2D eigenvalue weighted by Gasteiger charge is -2.42. The molecule has 6 saturated heterocycles. The number of aromatic hydroxyl groups is 2. The Kier molecular flexibility index (Phi) is 17.8. The fourth-order valence-corrected chi connectivity index (χ4v) is 17.7. The van der Waals surface area contributed by atoms with Gasteiger partial charge in [0.1, 0.15) is 29.5 Å². The summed E-state index contributed by atoms with van der Waals surface area (Å²) in [5.41, 5.74) is 2.37. The molecule has 10 fully saturated rings. The molecule has 14 rings (SSSR count). The summed E-state index contributed by atoms with van der Waals surface area (Å²) in [6.07, 6.45) is 20.5. The molecule has 0 amide bonds. The predicted octanol–water partition coefficient (Wildman–Crippen LogP) is 2.65. The highest BCUT2D eigenvalue weighted by Crippen LogP contribution is 2.53. The van der Waals surface area contributed by atoms with E-state index in [1.54, 1.807) is 6.92 Å². The quantitative estimate of drug-likeness (QED) is 0.129. The number of carbonyl (C=O) groups excluding carboxylic acids is 3. The predicted molar refractivity (Wildman–Crippen MR) is 302 cm³/mol. The van der Waals surface area contributed by atoms with Crippen LogP contribution in [0.25, 0.3) is 0 Å². The van der Waals surface area contributed by atoms with Crippen molar-refractivity contribution in [1.29, 1.82) is 0 Å². The number of halogens is 1. The van der Waals surface area contributed by atoms with Crippen LogP contribution in [-0.2, 0) is 20.7 Å². The van der Waals surface area contributed by atoms with Crippen molar-refractivity contribution in [3.05, 3.63) is 51.6 Å². The largest absolute Gasteiger partial charge is 0.507 e. The summed E-state index contributed by atoms with van der Waals surface area (Å²) in [7, 11) is 1.32. The zero-order valence-corrected chi connectivity index (χ0v) is 48.7. The molecule has 14 atom stereocenters. The van der Waals surface area contributed by atoms with Gasteiger partial charge in [-0.05, 0) is 112 Å². The first-order valence-corrected chi connectivity index (χ1v) is 30.3. The Morgan fingerprint density at radius 1 is 0.654 bits per heavy atom. The molecular weight excluding hydrogens is 1070 g/mol. The van der Waals surface area contributed by atoms with Crippen LogP contribution in [-0.4, -0.2) is 153 Å². The van der Waals surface area contributed by atoms with Crippen molar-refractivity contribution in [2.24, 2.45) is 53.1 Å². The van der Waals surface area contributed by atoms with Crippen molar-refractivity contribution in [2.45, 2.75) is 214 Å². The molecule has 81 heavy (non-hydrogen) atoms. The third kappa shape index (κ3) is 10.5. The van der Waals surface area contributed by atoms with Gasteiger partial charge in [0, 0.05) is 59.4 Å². The molecule has 2 aromatic carbocycles. The summed E-state index contributed by atoms with van der Waals surface area (Å²) in [4.78, 5) is 39.7. The highest BCUT2D eigenvalue weighted by molar-refractivity contribution is 6.31. The zero-order valence-electron chi connectivity index (χ0n) is 46.7. The number of phenolic OH excluding ortho intramolecular Hbond substituents is 2. The van der Waals surface area contributed by atoms with Gasteiger partial charge in [-0.2, -0.15) is 0 Å². The van der Waals surface area contributed by atoms with E-state index in [1.807, 2.05) is 0 Å². The van der Waals surface area contributed by atoms with Crippen LogP contribution >= 0.6 is 12.4 Å². The van der Waals surface area contributed by atoms with Gasteiger partial charge in [0.2, 0.25) is 5.78 Å². The summed E-state index contributed by atoms with van der Waals surface area (Å²) in [5, 5.41) is 87.5. The van der Waals surface area contributed by atoms with E-state index in [0.717, 1.165) is 47.3 Å². The Hall–Kier alpha value is -2.89. The Balaban J connectivity index is 0.000000166. The van der Waals surface area contributed by atoms with Crippen LogP contribution in [0.1, 0.15) is 172 Å². The number of hydrogen-bond donors (Lipinski definition) is 14. The van der Waals surface area contributed by atoms with Crippen LogP contribution < -0.4 is 53.0 Å². The van der Waals surface area contributed by atoms with Crippen molar-refractivity contribution in [3.63, 3.8) is 0 Å². The van der Waals surface area contributed by atoms with Gasteiger partial charge in [-0.1, -0.05) is 63.5 Å². The van der Waals surface area contributed by atoms with Crippen molar-refractivity contribution < 1.29 is 54.1 Å². The molecule has 15 N–H and O–H groups in total. The van der Waals surface area contributed by atoms with Gasteiger partial charge in [-0.25, -0.2) is 0 Å². The van der Waals surface area contributed by atoms with E-state index in [9.17, 15) is 39.9 Å². The second kappa shape index (κ2) is 24.1. The number of phenols is 2. The first-order chi connectivity index (χ1) is 38.2. The molecule has 0 spiro atoms. The first-order valence-electron chi connectivity index (χ1n) is 30.3. The maximum Gasteiger partial charge on any atom is 0.202 e. The molecule has 0 aromatic heterocycles. The van der Waals surface area contributed by atoms with Crippen molar-refractivity contribution in [1.82, 2.24) is 42.5 Å². The lowest BCUT2D eigenvalue weighted by atomic mass is 9.72. The number of carbonyl (C=O) groups is 3. The second-order valence-electron chi connectivity index (χ2n) is 25.8. The zero-order chi connectivity index (χ0) is 54.6. The van der Waals surface area contributed by atoms with Crippen molar-refractivity contribution in [2.75, 3.05) is 13.7 Å². The average Bonchev–Trinajstić information content (AvgIpc) is 4.32. The normalized spacial score (nSPS) is 42.8. The van der Waals surface area contributed by atoms with Crippen LogP contribution in [0.4, 0.5) is 0 Å². The van der Waals surface area contributed by atoms with E-state index in [4.69, 9.17) is 19.9 Å². The molecule has 3 radical (unpaired) electrons. The molecule has 6 heterocycles. The molecule has 443 valence electrons. The van der Waals surface area contributed by atoms with Gasteiger partial charge < -0.3 is 45.5 Å². The van der Waals surface area contributed by atoms with E-state index >= 15 is 0 Å². The molecule has 12 aliphatic rings. The number of benzene rings is 2. The minimum Gasteiger partial charge on any atom is -0.507 e. The molecule has 6 aliphatic carbocycles. The first kappa shape index (κ1) is 59.8. The summed E-state index contributed by atoms with van der Waals surface area (Å²) < 4.78 is 17.0. The smallest absolute Gasteiger partial charge is 0.202 e. The number of nitrogens with two attached hydrogens (primary N) is 1. The molecule has 22 heteroatoms. The average molecular weight is 1160 g/mol. The van der Waals surface area contributed by atoms with Gasteiger partial charge in [0.05, 0.1) is 91.4 Å². The summed E-state index contributed by atoms with van der Waals surface area (Å²) >= 11 is 0. The molecule has 6 aliphatic heterocycles. The summed E-state index contributed by atoms with van der Waals surface area (Å²) in [6.45, 7) is 0.560. The van der Waals surface area contributed by atoms with Crippen molar-refractivity contribution >= 4 is 47.1 Å². The highest BCUT2D eigenvalue weighted by atomic mass is 35.5. The maximum atomic E-state index is 13.6. The van der Waals surface area contributed by atoms with E-state index in [-0.39, 0.29) is 64.2 Å². The molecule has 2 aromatic rings. The number of ketones is 3. The van der Waals surface area contributed by atoms with Gasteiger partial charge in [-0.15, -0.1) is 12.4 Å². The fourth-order valence-electron chi connectivity index (χ4n) is 17.7. The number of ether oxygens (including phenoxy) is 3. The maximum absolute atomic E-state index is 13.6. The van der Waals surface area contributed by atoms with Crippen LogP contribution in [0.2, 0.25) is 0 Å². The van der Waals surface area contributed by atoms with Gasteiger partial charge in [0.25, 0.3) is 0 Å². The van der Waals surface area contributed by atoms with Crippen molar-refractivity contribution in [3.8, 4) is 17.2 Å². The lowest BCUT2D eigenvalue weighted by Crippen LogP contribution is -2.61. The van der Waals surface area contributed by atoms with E-state index in [2.05, 4.69) is 42.5 Å². The Morgan fingerprint density at radius 2 is 1.05 bits per heavy atom. The summed E-state index contributed by atoms with van der Waals surface area (Å²) in [5.74, 6) is 2.20. The van der Waals surface area contributed by atoms with E-state index < -0.39 is 95.7 Å². The van der Waals surface area contributed by atoms with Gasteiger partial charge in [0.15, 0.2) is 17.9 Å². The third-order valence-corrected chi connectivity index (χ3v) is 21.6. The number of rotatable bonds is 5. The fraction of sp³-hybridized carbons (Fsp3) is 0.746. The minimum atomic E-state index is -2.24. The highest BCUT2D eigenvalue weighted by Gasteiger charge is 2.55. The van der Waals surface area contributed by atoms with Gasteiger partial charge >= 0.3 is 0 Å². The second-order valence-corrected chi connectivity index (χ2v) is 25.8. The number of Topliss-reactive ketones (excluding diaryl/α,β-unsaturated/α-hetero) is 1. The molecule has 8 unspecified atom stereocenters. The molecule has 20 nitrogen and oxygen atoms in total. The number of fused-ring (bicyclic) bond motifs is 23. The standard InChI is InChI=1S/C32H56N8.C27H29NO11.Al.ClH/c1-2-10-18-17(9-1)25-33-26(18)38-28-21-13-5-6-14-22(21)30(35-28)40-32-24-16-8-7-15-23(24)31(36-32)39-29-20-12-4-3-11-19(20)27(34-29)37-25;1-10-22(31)13(28)6-17(38-10)39-15-8-27(36,16(30)9-29)7-12-19(15)26(35)21-20(24(12)33)23(32)11-4-3-5-14(37-2)18(11)25(21)34;;/h17-40H,1-16H2;3-5,10,13,15,17,22,29,31,33,35-36H,6-9,28H2,1-2H3;;1H/t;10-,13-,15-,17-,22+,27-;;/m.0../s1. The number of nitrogens with one attached hydrogen (secondary N) is 8. The Bertz CT molecular complexity index is 2460. The van der Waals surface area contributed by atoms with E-state index in [1.165, 1.54) is 128 Å². The van der Waals surface area contributed by atoms with Gasteiger partial charge in [-0.3, -0.25) is 56.9 Å². The monoisotopic (exact) mass is 1160 g/mol. The van der Waals surface area contributed by atoms with E-state index in [0.29, 0.717) is 49.3 Å². The van der Waals surface area contributed by atoms with Crippen LogP contribution in [0.3, 0.4) is 0 Å². The molecule has 4 saturated carbocycles.